The lowest BCUT2D eigenvalue weighted by Gasteiger charge is -2.25. The van der Waals surface area contributed by atoms with E-state index in [1.165, 1.54) is 19.3 Å². The zero-order valence-corrected chi connectivity index (χ0v) is 7.18. The van der Waals surface area contributed by atoms with Gasteiger partial charge in [-0.2, -0.15) is 0 Å². The van der Waals surface area contributed by atoms with E-state index in [9.17, 15) is 4.79 Å². The number of hydrogen-bond acceptors (Lipinski definition) is 2. The van der Waals surface area contributed by atoms with Gasteiger partial charge in [0.1, 0.15) is 5.78 Å². The Bertz CT molecular complexity index is 140. The fraction of sp³-hybridized carbons (Fsp3) is 0.889. The molecule has 0 aromatic carbocycles. The van der Waals surface area contributed by atoms with E-state index in [0.717, 1.165) is 6.42 Å². The van der Waals surface area contributed by atoms with Crippen LogP contribution in [0.5, 0.6) is 0 Å². The fourth-order valence-corrected chi connectivity index (χ4v) is 1.31. The van der Waals surface area contributed by atoms with Crippen LogP contribution in [0.1, 0.15) is 32.6 Å². The molecule has 1 saturated carbocycles. The molecule has 1 aliphatic carbocycles. The highest BCUT2D eigenvalue weighted by Gasteiger charge is 2.22. The molecule has 0 heterocycles. The SMILES string of the molecule is CC(CN)C(=O)CC1CCC1. The average molecular weight is 155 g/mol. The van der Waals surface area contributed by atoms with Gasteiger partial charge in [-0.1, -0.05) is 26.2 Å². The first kappa shape index (κ1) is 8.72. The molecular formula is C9H17NO. The van der Waals surface area contributed by atoms with E-state index in [1.54, 1.807) is 0 Å². The van der Waals surface area contributed by atoms with Gasteiger partial charge in [0.05, 0.1) is 0 Å². The largest absolute Gasteiger partial charge is 0.330 e. The summed E-state index contributed by atoms with van der Waals surface area (Å²) in [6, 6.07) is 0. The van der Waals surface area contributed by atoms with Crippen molar-refractivity contribution in [1.29, 1.82) is 0 Å². The van der Waals surface area contributed by atoms with Gasteiger partial charge < -0.3 is 5.73 Å². The van der Waals surface area contributed by atoms with Gasteiger partial charge in [-0.05, 0) is 5.92 Å². The van der Waals surface area contributed by atoms with Crippen molar-refractivity contribution in [3.05, 3.63) is 0 Å². The standard InChI is InChI=1S/C9H17NO/c1-7(6-10)9(11)5-8-3-2-4-8/h7-8H,2-6,10H2,1H3. The molecule has 0 aromatic rings. The molecule has 0 radical (unpaired) electrons. The van der Waals surface area contributed by atoms with E-state index >= 15 is 0 Å². The van der Waals surface area contributed by atoms with Gasteiger partial charge in [0.25, 0.3) is 0 Å². The van der Waals surface area contributed by atoms with Crippen LogP contribution in [-0.2, 0) is 4.79 Å². The summed E-state index contributed by atoms with van der Waals surface area (Å²) in [4.78, 5) is 11.3. The van der Waals surface area contributed by atoms with Crippen molar-refractivity contribution >= 4 is 5.78 Å². The zero-order chi connectivity index (χ0) is 8.27. The van der Waals surface area contributed by atoms with Crippen LogP contribution >= 0.6 is 0 Å². The smallest absolute Gasteiger partial charge is 0.137 e. The zero-order valence-electron chi connectivity index (χ0n) is 7.18. The van der Waals surface area contributed by atoms with Crippen molar-refractivity contribution in [1.82, 2.24) is 0 Å². The number of nitrogens with two attached hydrogens (primary N) is 1. The Morgan fingerprint density at radius 2 is 2.27 bits per heavy atom. The van der Waals surface area contributed by atoms with Crippen LogP contribution in [0.4, 0.5) is 0 Å². The molecule has 2 heteroatoms. The third-order valence-corrected chi connectivity index (χ3v) is 2.62. The summed E-state index contributed by atoms with van der Waals surface area (Å²) >= 11 is 0. The first-order valence-corrected chi connectivity index (χ1v) is 4.46. The molecule has 11 heavy (non-hydrogen) atoms. The Labute approximate surface area is 68.2 Å². The Kier molecular flexibility index (Phi) is 3.06. The lowest BCUT2D eigenvalue weighted by Crippen LogP contribution is -2.25. The molecule has 0 aliphatic heterocycles. The van der Waals surface area contributed by atoms with Crippen LogP contribution in [-0.4, -0.2) is 12.3 Å². The fourth-order valence-electron chi connectivity index (χ4n) is 1.31. The summed E-state index contributed by atoms with van der Waals surface area (Å²) in [6.45, 7) is 2.42. The third-order valence-electron chi connectivity index (χ3n) is 2.62. The van der Waals surface area contributed by atoms with Crippen LogP contribution in [0.25, 0.3) is 0 Å². The molecule has 0 aromatic heterocycles. The molecule has 0 bridgehead atoms. The minimum atomic E-state index is 0.0793. The van der Waals surface area contributed by atoms with Crippen molar-refractivity contribution in [3.63, 3.8) is 0 Å². The number of ketones is 1. The summed E-state index contributed by atoms with van der Waals surface area (Å²) in [5.41, 5.74) is 5.39. The minimum Gasteiger partial charge on any atom is -0.330 e. The van der Waals surface area contributed by atoms with Gasteiger partial charge in [-0.25, -0.2) is 0 Å². The van der Waals surface area contributed by atoms with E-state index in [1.807, 2.05) is 6.92 Å². The molecule has 1 fully saturated rings. The van der Waals surface area contributed by atoms with Crippen molar-refractivity contribution in [3.8, 4) is 0 Å². The van der Waals surface area contributed by atoms with E-state index in [-0.39, 0.29) is 5.92 Å². The Balaban J connectivity index is 2.19. The van der Waals surface area contributed by atoms with Gasteiger partial charge in [-0.3, -0.25) is 4.79 Å². The van der Waals surface area contributed by atoms with Crippen LogP contribution in [0, 0.1) is 11.8 Å². The first-order valence-electron chi connectivity index (χ1n) is 4.46. The molecule has 2 nitrogen and oxygen atoms in total. The lowest BCUT2D eigenvalue weighted by atomic mass is 9.80. The maximum atomic E-state index is 11.3. The van der Waals surface area contributed by atoms with E-state index < -0.39 is 0 Å². The minimum absolute atomic E-state index is 0.0793. The first-order chi connectivity index (χ1) is 5.24. The van der Waals surface area contributed by atoms with Crippen molar-refractivity contribution in [2.75, 3.05) is 6.54 Å². The highest BCUT2D eigenvalue weighted by atomic mass is 16.1. The average Bonchev–Trinajstić information content (AvgIpc) is 1.94. The van der Waals surface area contributed by atoms with Crippen molar-refractivity contribution in [2.45, 2.75) is 32.6 Å². The van der Waals surface area contributed by atoms with E-state index in [4.69, 9.17) is 5.73 Å². The van der Waals surface area contributed by atoms with Crippen LogP contribution in [0.2, 0.25) is 0 Å². The van der Waals surface area contributed by atoms with Gasteiger partial charge in [0.15, 0.2) is 0 Å². The monoisotopic (exact) mass is 155 g/mol. The molecule has 64 valence electrons. The quantitative estimate of drug-likeness (QED) is 0.665. The Morgan fingerprint density at radius 1 is 1.64 bits per heavy atom. The second kappa shape index (κ2) is 3.86. The van der Waals surface area contributed by atoms with E-state index in [0.29, 0.717) is 18.2 Å². The Hall–Kier alpha value is -0.370. The molecule has 0 spiro atoms. The summed E-state index contributed by atoms with van der Waals surface area (Å²) in [6.07, 6.45) is 4.60. The normalized spacial score (nSPS) is 20.9. The predicted octanol–water partition coefficient (Wildman–Crippen LogP) is 1.34. The molecule has 0 amide bonds. The van der Waals surface area contributed by atoms with Gasteiger partial charge in [0, 0.05) is 18.9 Å². The van der Waals surface area contributed by atoms with Crippen molar-refractivity contribution in [2.24, 2.45) is 17.6 Å². The topological polar surface area (TPSA) is 43.1 Å². The molecular weight excluding hydrogens is 138 g/mol. The number of carbonyl (C=O) groups excluding carboxylic acids is 1. The molecule has 2 N–H and O–H groups in total. The van der Waals surface area contributed by atoms with Crippen LogP contribution in [0.3, 0.4) is 0 Å². The van der Waals surface area contributed by atoms with Crippen molar-refractivity contribution < 1.29 is 4.79 Å². The van der Waals surface area contributed by atoms with Crippen LogP contribution < -0.4 is 5.73 Å². The number of rotatable bonds is 4. The lowest BCUT2D eigenvalue weighted by molar-refractivity contribution is -0.123. The number of carbonyl (C=O) groups is 1. The highest BCUT2D eigenvalue weighted by Crippen LogP contribution is 2.30. The molecule has 1 atom stereocenters. The summed E-state index contributed by atoms with van der Waals surface area (Å²) < 4.78 is 0. The molecule has 1 aliphatic rings. The molecule has 1 rings (SSSR count). The van der Waals surface area contributed by atoms with Crippen LogP contribution in [0.15, 0.2) is 0 Å². The van der Waals surface area contributed by atoms with Gasteiger partial charge in [0.2, 0.25) is 0 Å². The number of Topliss-reactive ketones (excluding diaryl/α,β-unsaturated/α-hetero) is 1. The maximum absolute atomic E-state index is 11.3. The summed E-state index contributed by atoms with van der Waals surface area (Å²) in [7, 11) is 0. The second-order valence-corrected chi connectivity index (χ2v) is 3.60. The maximum Gasteiger partial charge on any atom is 0.137 e. The molecule has 1 unspecified atom stereocenters. The van der Waals surface area contributed by atoms with Gasteiger partial charge >= 0.3 is 0 Å². The predicted molar refractivity (Wildman–Crippen MR) is 45.2 cm³/mol. The third kappa shape index (κ3) is 2.29. The number of hydrogen-bond donors (Lipinski definition) is 1. The second-order valence-electron chi connectivity index (χ2n) is 3.60. The summed E-state index contributed by atoms with van der Waals surface area (Å²) in [5.74, 6) is 1.13. The van der Waals surface area contributed by atoms with E-state index in [2.05, 4.69) is 0 Å². The summed E-state index contributed by atoms with van der Waals surface area (Å²) in [5, 5.41) is 0. The van der Waals surface area contributed by atoms with Gasteiger partial charge in [-0.15, -0.1) is 0 Å². The Morgan fingerprint density at radius 3 is 2.64 bits per heavy atom. The molecule has 0 saturated heterocycles. The highest BCUT2D eigenvalue weighted by molar-refractivity contribution is 5.81.